The van der Waals surface area contributed by atoms with Gasteiger partial charge in [0.2, 0.25) is 5.91 Å². The molecule has 2 N–H and O–H groups in total. The number of rotatable bonds is 6. The molecule has 1 aromatic carbocycles. The SMILES string of the molecule is CCC(C)(C)O.CCC(CNC)C1CCC2C(C1)N(C(=O)Oc1ccccc1)CC(C)N2C(C)=O. The quantitative estimate of drug-likeness (QED) is 0.606. The Balaban J connectivity index is 0.000000641. The molecule has 2 fully saturated rings. The van der Waals surface area contributed by atoms with Crippen LogP contribution in [0.25, 0.3) is 0 Å². The molecule has 0 bridgehead atoms. The molecule has 5 unspecified atom stereocenters. The molecule has 2 aliphatic rings. The fourth-order valence-corrected chi connectivity index (χ4v) is 5.39. The Morgan fingerprint density at radius 2 is 1.80 bits per heavy atom. The van der Waals surface area contributed by atoms with E-state index in [9.17, 15) is 9.59 Å². The van der Waals surface area contributed by atoms with E-state index in [1.54, 1.807) is 32.9 Å². The van der Waals surface area contributed by atoms with E-state index in [0.29, 0.717) is 24.1 Å². The van der Waals surface area contributed by atoms with Gasteiger partial charge in [-0.2, -0.15) is 0 Å². The maximum absolute atomic E-state index is 13.1. The third-order valence-electron chi connectivity index (χ3n) is 7.58. The molecule has 1 saturated heterocycles. The number of para-hydroxylation sites is 1. The molecular weight excluding hydrogens is 442 g/mol. The minimum atomic E-state index is -0.458. The highest BCUT2D eigenvalue weighted by Crippen LogP contribution is 2.39. The molecule has 1 heterocycles. The third-order valence-corrected chi connectivity index (χ3v) is 7.58. The monoisotopic (exact) mass is 489 g/mol. The Morgan fingerprint density at radius 1 is 1.17 bits per heavy atom. The highest BCUT2D eigenvalue weighted by atomic mass is 16.6. The standard InChI is InChI=1S/C23H35N3O3.C5H12O/c1-5-18(14-24-4)19-11-12-21-22(13-19)25(15-16(2)26(21)17(3)27)23(28)29-20-9-7-6-8-10-20;1-4-5(2,3)6/h6-10,16,18-19,21-22,24H,5,11-15H2,1-4H3;6H,4H2,1-3H3. The van der Waals surface area contributed by atoms with Crippen molar-refractivity contribution in [1.29, 1.82) is 0 Å². The van der Waals surface area contributed by atoms with Crippen molar-refractivity contribution < 1.29 is 19.4 Å². The summed E-state index contributed by atoms with van der Waals surface area (Å²) in [4.78, 5) is 29.4. The van der Waals surface area contributed by atoms with Gasteiger partial charge in [-0.25, -0.2) is 4.79 Å². The van der Waals surface area contributed by atoms with Crippen LogP contribution in [0.2, 0.25) is 0 Å². The first-order valence-electron chi connectivity index (χ1n) is 13.2. The number of benzene rings is 1. The van der Waals surface area contributed by atoms with Crippen LogP contribution in [0.5, 0.6) is 5.75 Å². The topological polar surface area (TPSA) is 82.1 Å². The Labute approximate surface area is 212 Å². The van der Waals surface area contributed by atoms with E-state index in [1.165, 1.54) is 0 Å². The number of carbonyl (C=O) groups is 2. The lowest BCUT2D eigenvalue weighted by Crippen LogP contribution is -2.67. The molecule has 5 atom stereocenters. The van der Waals surface area contributed by atoms with Crippen molar-refractivity contribution in [2.24, 2.45) is 11.8 Å². The molecule has 7 nitrogen and oxygen atoms in total. The van der Waals surface area contributed by atoms with Crippen molar-refractivity contribution in [3.8, 4) is 5.75 Å². The number of nitrogens with one attached hydrogen (secondary N) is 1. The number of nitrogens with zero attached hydrogens (tertiary/aromatic N) is 2. The van der Waals surface area contributed by atoms with E-state index in [-0.39, 0.29) is 30.1 Å². The molecule has 1 aromatic rings. The van der Waals surface area contributed by atoms with Gasteiger partial charge in [-0.1, -0.05) is 38.5 Å². The maximum Gasteiger partial charge on any atom is 0.415 e. The molecule has 2 amide bonds. The highest BCUT2D eigenvalue weighted by Gasteiger charge is 2.47. The first kappa shape index (κ1) is 29.1. The summed E-state index contributed by atoms with van der Waals surface area (Å²) in [5.74, 6) is 1.79. The smallest absolute Gasteiger partial charge is 0.410 e. The number of ether oxygens (including phenoxy) is 1. The Hall–Kier alpha value is -2.12. The van der Waals surface area contributed by atoms with E-state index in [0.717, 1.165) is 38.6 Å². The number of amides is 2. The molecule has 1 saturated carbocycles. The van der Waals surface area contributed by atoms with E-state index < -0.39 is 5.60 Å². The molecular formula is C28H47N3O4. The van der Waals surface area contributed by atoms with Crippen LogP contribution in [0, 0.1) is 11.8 Å². The molecule has 1 aliphatic carbocycles. The van der Waals surface area contributed by atoms with Crippen LogP contribution in [0.1, 0.15) is 73.6 Å². The number of carbonyl (C=O) groups excluding carboxylic acids is 2. The predicted octanol–water partition coefficient (Wildman–Crippen LogP) is 4.69. The van der Waals surface area contributed by atoms with E-state index in [2.05, 4.69) is 12.2 Å². The van der Waals surface area contributed by atoms with Crippen molar-refractivity contribution in [2.45, 2.75) is 97.4 Å². The van der Waals surface area contributed by atoms with Crippen LogP contribution >= 0.6 is 0 Å². The highest BCUT2D eigenvalue weighted by molar-refractivity contribution is 5.76. The van der Waals surface area contributed by atoms with Gasteiger partial charge in [0.15, 0.2) is 0 Å². The van der Waals surface area contributed by atoms with Crippen molar-refractivity contribution in [1.82, 2.24) is 15.1 Å². The lowest BCUT2D eigenvalue weighted by molar-refractivity contribution is -0.142. The number of hydrogen-bond donors (Lipinski definition) is 2. The third kappa shape index (κ3) is 8.21. The molecule has 0 spiro atoms. The fourth-order valence-electron chi connectivity index (χ4n) is 5.39. The summed E-state index contributed by atoms with van der Waals surface area (Å²) in [6.07, 6.45) is 4.60. The summed E-state index contributed by atoms with van der Waals surface area (Å²) in [6.45, 7) is 13.0. The van der Waals surface area contributed by atoms with Crippen LogP contribution in [-0.2, 0) is 4.79 Å². The maximum atomic E-state index is 13.1. The molecule has 1 aliphatic heterocycles. The summed E-state index contributed by atoms with van der Waals surface area (Å²) in [7, 11) is 2.00. The second kappa shape index (κ2) is 13.3. The lowest BCUT2D eigenvalue weighted by atomic mass is 9.72. The van der Waals surface area contributed by atoms with Gasteiger partial charge < -0.3 is 25.0 Å². The number of hydrogen-bond acceptors (Lipinski definition) is 5. The number of aliphatic hydroxyl groups is 1. The van der Waals surface area contributed by atoms with E-state index in [1.807, 2.05) is 48.9 Å². The average molecular weight is 490 g/mol. The predicted molar refractivity (Wildman–Crippen MR) is 140 cm³/mol. The van der Waals surface area contributed by atoms with Crippen LogP contribution in [-0.4, -0.2) is 70.8 Å². The number of piperazine rings is 1. The zero-order valence-electron chi connectivity index (χ0n) is 22.8. The van der Waals surface area contributed by atoms with Gasteiger partial charge in [0.25, 0.3) is 0 Å². The van der Waals surface area contributed by atoms with Gasteiger partial charge in [0, 0.05) is 19.5 Å². The van der Waals surface area contributed by atoms with Gasteiger partial charge in [-0.05, 0) is 84.0 Å². The van der Waals surface area contributed by atoms with Crippen molar-refractivity contribution in [3.05, 3.63) is 30.3 Å². The summed E-state index contributed by atoms with van der Waals surface area (Å²) < 4.78 is 5.69. The summed E-state index contributed by atoms with van der Waals surface area (Å²) in [6, 6.07) is 9.30. The summed E-state index contributed by atoms with van der Waals surface area (Å²) in [5.41, 5.74) is -0.458. The lowest BCUT2D eigenvalue weighted by Gasteiger charge is -2.54. The molecule has 0 aromatic heterocycles. The van der Waals surface area contributed by atoms with Crippen LogP contribution in [0.4, 0.5) is 4.79 Å². The van der Waals surface area contributed by atoms with E-state index >= 15 is 0 Å². The first-order chi connectivity index (χ1) is 16.5. The zero-order chi connectivity index (χ0) is 26.2. The van der Waals surface area contributed by atoms with Gasteiger partial charge in [0.1, 0.15) is 5.75 Å². The molecule has 35 heavy (non-hydrogen) atoms. The van der Waals surface area contributed by atoms with Crippen LogP contribution < -0.4 is 10.1 Å². The molecule has 3 rings (SSSR count). The summed E-state index contributed by atoms with van der Waals surface area (Å²) >= 11 is 0. The Morgan fingerprint density at radius 3 is 2.31 bits per heavy atom. The Bertz CT molecular complexity index is 795. The van der Waals surface area contributed by atoms with Crippen molar-refractivity contribution >= 4 is 12.0 Å². The molecule has 7 heteroatoms. The van der Waals surface area contributed by atoms with Crippen LogP contribution in [0.3, 0.4) is 0 Å². The van der Waals surface area contributed by atoms with Crippen molar-refractivity contribution in [2.75, 3.05) is 20.1 Å². The molecule has 198 valence electrons. The van der Waals surface area contributed by atoms with Gasteiger partial charge >= 0.3 is 6.09 Å². The Kier molecular flexibility index (Phi) is 11.0. The second-order valence-corrected chi connectivity index (χ2v) is 10.7. The van der Waals surface area contributed by atoms with Crippen LogP contribution in [0.15, 0.2) is 30.3 Å². The van der Waals surface area contributed by atoms with Gasteiger partial charge in [-0.3, -0.25) is 4.79 Å². The summed E-state index contributed by atoms with van der Waals surface area (Å²) in [5, 5.41) is 12.1. The minimum absolute atomic E-state index is 0.00657. The second-order valence-electron chi connectivity index (χ2n) is 10.7. The first-order valence-corrected chi connectivity index (χ1v) is 13.2. The molecule has 0 radical (unpaired) electrons. The zero-order valence-corrected chi connectivity index (χ0v) is 22.8. The number of fused-ring (bicyclic) bond motifs is 1. The normalized spacial score (nSPS) is 25.1. The fraction of sp³-hybridized carbons (Fsp3) is 0.714. The minimum Gasteiger partial charge on any atom is -0.410 e. The largest absolute Gasteiger partial charge is 0.415 e. The van der Waals surface area contributed by atoms with Gasteiger partial charge in [0.05, 0.1) is 17.7 Å². The van der Waals surface area contributed by atoms with Gasteiger partial charge in [-0.15, -0.1) is 0 Å². The average Bonchev–Trinajstić information content (AvgIpc) is 2.82. The van der Waals surface area contributed by atoms with Crippen molar-refractivity contribution in [3.63, 3.8) is 0 Å². The van der Waals surface area contributed by atoms with E-state index in [4.69, 9.17) is 9.84 Å².